The Morgan fingerprint density at radius 1 is 1.55 bits per heavy atom. The Hall–Kier alpha value is -2.15. The molecule has 1 amide bonds. The molecule has 22 heavy (non-hydrogen) atoms. The van der Waals surface area contributed by atoms with Gasteiger partial charge in [0.1, 0.15) is 17.7 Å². The van der Waals surface area contributed by atoms with E-state index in [1.54, 1.807) is 17.2 Å². The van der Waals surface area contributed by atoms with Gasteiger partial charge in [-0.25, -0.2) is 4.98 Å². The summed E-state index contributed by atoms with van der Waals surface area (Å²) in [5.41, 5.74) is 1.34. The fourth-order valence-electron chi connectivity index (χ4n) is 2.54. The molecule has 7 heteroatoms. The van der Waals surface area contributed by atoms with E-state index in [1.807, 2.05) is 6.92 Å². The van der Waals surface area contributed by atoms with Crippen LogP contribution < -0.4 is 0 Å². The van der Waals surface area contributed by atoms with E-state index in [0.717, 1.165) is 30.1 Å². The van der Waals surface area contributed by atoms with Gasteiger partial charge in [0.15, 0.2) is 5.69 Å². The minimum absolute atomic E-state index is 0.123. The number of ether oxygens (including phenoxy) is 1. The average molecular weight is 304 g/mol. The van der Waals surface area contributed by atoms with Crippen LogP contribution in [0.2, 0.25) is 0 Å². The van der Waals surface area contributed by atoms with Crippen molar-refractivity contribution in [1.29, 1.82) is 0 Å². The number of aromatic nitrogens is 3. The number of carbonyl (C=O) groups excluding carboxylic acids is 1. The van der Waals surface area contributed by atoms with Crippen LogP contribution in [0, 0.1) is 6.92 Å². The van der Waals surface area contributed by atoms with Gasteiger partial charge in [0.2, 0.25) is 0 Å². The van der Waals surface area contributed by atoms with Crippen molar-refractivity contribution in [1.82, 2.24) is 20.0 Å². The minimum atomic E-state index is -0.228. The third kappa shape index (κ3) is 3.04. The third-order valence-electron chi connectivity index (χ3n) is 3.66. The Morgan fingerprint density at radius 3 is 3.14 bits per heavy atom. The highest BCUT2D eigenvalue weighted by atomic mass is 16.5. The largest absolute Gasteiger partial charge is 0.367 e. The van der Waals surface area contributed by atoms with Gasteiger partial charge in [0.05, 0.1) is 13.2 Å². The lowest BCUT2D eigenvalue weighted by atomic mass is 10.2. The van der Waals surface area contributed by atoms with E-state index in [1.165, 1.54) is 0 Å². The molecule has 0 radical (unpaired) electrons. The molecule has 0 saturated carbocycles. The van der Waals surface area contributed by atoms with E-state index in [-0.39, 0.29) is 12.0 Å². The number of nitrogens with zero attached hydrogens (tertiary/aromatic N) is 3. The molecule has 0 aliphatic carbocycles. The van der Waals surface area contributed by atoms with Crippen LogP contribution in [0.5, 0.6) is 0 Å². The van der Waals surface area contributed by atoms with Crippen molar-refractivity contribution < 1.29 is 14.1 Å². The van der Waals surface area contributed by atoms with Gasteiger partial charge in [-0.1, -0.05) is 12.1 Å². The van der Waals surface area contributed by atoms with Crippen molar-refractivity contribution >= 4 is 5.91 Å². The summed E-state index contributed by atoms with van der Waals surface area (Å²) < 4.78 is 10.9. The van der Waals surface area contributed by atoms with Gasteiger partial charge in [-0.2, -0.15) is 0 Å². The van der Waals surface area contributed by atoms with Gasteiger partial charge >= 0.3 is 0 Å². The lowest BCUT2D eigenvalue weighted by Crippen LogP contribution is -2.42. The van der Waals surface area contributed by atoms with Crippen molar-refractivity contribution in [2.45, 2.75) is 32.8 Å². The summed E-state index contributed by atoms with van der Waals surface area (Å²) in [6.07, 6.45) is 3.28. The van der Waals surface area contributed by atoms with Gasteiger partial charge in [0, 0.05) is 30.9 Å². The predicted molar refractivity (Wildman–Crippen MR) is 78.4 cm³/mol. The van der Waals surface area contributed by atoms with Crippen molar-refractivity contribution in [2.75, 3.05) is 19.7 Å². The minimum Gasteiger partial charge on any atom is -0.367 e. The van der Waals surface area contributed by atoms with Gasteiger partial charge in [-0.15, -0.1) is 0 Å². The van der Waals surface area contributed by atoms with Crippen LogP contribution in [0.3, 0.4) is 0 Å². The van der Waals surface area contributed by atoms with E-state index in [4.69, 9.17) is 9.26 Å². The molecule has 0 bridgehead atoms. The first-order valence-electron chi connectivity index (χ1n) is 7.55. The Labute approximate surface area is 128 Å². The fraction of sp³-hybridized carbons (Fsp3) is 0.533. The summed E-state index contributed by atoms with van der Waals surface area (Å²) in [6, 6.07) is 1.73. The number of hydrogen-bond acceptors (Lipinski definition) is 5. The summed E-state index contributed by atoms with van der Waals surface area (Å²) >= 11 is 0. The lowest BCUT2D eigenvalue weighted by Gasteiger charge is -2.31. The van der Waals surface area contributed by atoms with Crippen LogP contribution in [-0.2, 0) is 11.2 Å². The standard InChI is InChI=1S/C15H20N4O3/c1-3-4-11-7-12(18-22-11)15(20)19-5-6-21-13(9-19)14-16-8-10(2)17-14/h7-8,13H,3-6,9H2,1-2H3,(H,16,17)/t13-/m1/s1. The monoisotopic (exact) mass is 304 g/mol. The van der Waals surface area contributed by atoms with Gasteiger partial charge in [-0.3, -0.25) is 4.79 Å². The number of hydrogen-bond donors (Lipinski definition) is 1. The zero-order chi connectivity index (χ0) is 15.5. The summed E-state index contributed by atoms with van der Waals surface area (Å²) in [7, 11) is 0. The Balaban J connectivity index is 1.69. The number of rotatable bonds is 4. The number of imidazole rings is 1. The molecule has 1 N–H and O–H groups in total. The molecule has 118 valence electrons. The maximum Gasteiger partial charge on any atom is 0.276 e. The highest BCUT2D eigenvalue weighted by Gasteiger charge is 2.29. The zero-order valence-electron chi connectivity index (χ0n) is 12.8. The molecule has 3 heterocycles. The van der Waals surface area contributed by atoms with Crippen LogP contribution in [0.4, 0.5) is 0 Å². The smallest absolute Gasteiger partial charge is 0.276 e. The average Bonchev–Trinajstić information content (AvgIpc) is 3.16. The molecular formula is C15H20N4O3. The molecule has 2 aromatic heterocycles. The number of nitrogens with one attached hydrogen (secondary N) is 1. The summed E-state index contributed by atoms with van der Waals surface area (Å²) in [5, 5.41) is 3.88. The van der Waals surface area contributed by atoms with Crippen LogP contribution >= 0.6 is 0 Å². The molecule has 0 unspecified atom stereocenters. The van der Waals surface area contributed by atoms with Gasteiger partial charge in [0.25, 0.3) is 5.91 Å². The number of aryl methyl sites for hydroxylation is 2. The highest BCUT2D eigenvalue weighted by molar-refractivity contribution is 5.92. The second-order valence-corrected chi connectivity index (χ2v) is 5.49. The Kier molecular flexibility index (Phi) is 4.24. The topological polar surface area (TPSA) is 84.3 Å². The van der Waals surface area contributed by atoms with Crippen LogP contribution in [0.25, 0.3) is 0 Å². The number of amides is 1. The van der Waals surface area contributed by atoms with E-state index in [9.17, 15) is 4.79 Å². The highest BCUT2D eigenvalue weighted by Crippen LogP contribution is 2.21. The summed E-state index contributed by atoms with van der Waals surface area (Å²) in [5.74, 6) is 1.38. The van der Waals surface area contributed by atoms with Crippen molar-refractivity contribution in [3.63, 3.8) is 0 Å². The molecule has 1 saturated heterocycles. The molecule has 1 atom stereocenters. The predicted octanol–water partition coefficient (Wildman–Crippen LogP) is 1.87. The number of H-pyrrole nitrogens is 1. The Morgan fingerprint density at radius 2 is 2.41 bits per heavy atom. The van der Waals surface area contributed by atoms with E-state index in [2.05, 4.69) is 22.0 Å². The summed E-state index contributed by atoms with van der Waals surface area (Å²) in [6.45, 7) is 5.48. The van der Waals surface area contributed by atoms with E-state index >= 15 is 0 Å². The van der Waals surface area contributed by atoms with Crippen molar-refractivity contribution in [3.8, 4) is 0 Å². The Bertz CT molecular complexity index is 649. The molecule has 0 aromatic carbocycles. The normalized spacial score (nSPS) is 18.6. The van der Waals surface area contributed by atoms with Crippen molar-refractivity contribution in [3.05, 3.63) is 35.2 Å². The van der Waals surface area contributed by atoms with Gasteiger partial charge < -0.3 is 19.1 Å². The zero-order valence-corrected chi connectivity index (χ0v) is 12.8. The SMILES string of the molecule is CCCc1cc(C(=O)N2CCO[C@@H](c3ncc(C)[nH]3)C2)no1. The van der Waals surface area contributed by atoms with Crippen LogP contribution in [-0.4, -0.2) is 45.6 Å². The van der Waals surface area contributed by atoms with Crippen LogP contribution in [0.15, 0.2) is 16.8 Å². The maximum absolute atomic E-state index is 12.5. The van der Waals surface area contributed by atoms with Gasteiger partial charge in [-0.05, 0) is 13.3 Å². The van der Waals surface area contributed by atoms with E-state index in [0.29, 0.717) is 25.4 Å². The molecule has 2 aromatic rings. The number of carbonyl (C=O) groups is 1. The first-order valence-corrected chi connectivity index (χ1v) is 7.55. The molecule has 1 aliphatic rings. The molecule has 7 nitrogen and oxygen atoms in total. The third-order valence-corrected chi connectivity index (χ3v) is 3.66. The fourth-order valence-corrected chi connectivity index (χ4v) is 2.54. The van der Waals surface area contributed by atoms with Crippen LogP contribution in [0.1, 0.15) is 47.2 Å². The molecule has 3 rings (SSSR count). The second kappa shape index (κ2) is 6.31. The second-order valence-electron chi connectivity index (χ2n) is 5.49. The quantitative estimate of drug-likeness (QED) is 0.932. The number of aromatic amines is 1. The maximum atomic E-state index is 12.5. The van der Waals surface area contributed by atoms with Crippen molar-refractivity contribution in [2.24, 2.45) is 0 Å². The number of morpholine rings is 1. The molecule has 1 fully saturated rings. The van der Waals surface area contributed by atoms with E-state index < -0.39 is 0 Å². The molecule has 0 spiro atoms. The first kappa shape index (κ1) is 14.8. The molecular weight excluding hydrogens is 284 g/mol. The summed E-state index contributed by atoms with van der Waals surface area (Å²) in [4.78, 5) is 21.7. The lowest BCUT2D eigenvalue weighted by molar-refractivity contribution is -0.0267. The first-order chi connectivity index (χ1) is 10.7. The molecule has 1 aliphatic heterocycles.